The van der Waals surface area contributed by atoms with Crippen molar-refractivity contribution in [1.82, 2.24) is 4.90 Å². The van der Waals surface area contributed by atoms with Gasteiger partial charge in [-0.15, -0.1) is 0 Å². The maximum absolute atomic E-state index is 11.8. The molecule has 2 heterocycles. The van der Waals surface area contributed by atoms with Crippen molar-refractivity contribution in [3.63, 3.8) is 0 Å². The van der Waals surface area contributed by atoms with Crippen LogP contribution in [0.25, 0.3) is 11.0 Å². The standard InChI is InChI=1S/C19H23NO5/c1-3-13-4-5-16-15(10-13)14(11-17(21)25-16)12-20-8-6-19(23,7-9-20)18(22)24-2/h4-5,10-11,23H,3,6-9,12H2,1-2H3. The lowest BCUT2D eigenvalue weighted by atomic mass is 9.91. The molecule has 1 fully saturated rings. The number of carbonyl (C=O) groups is 1. The van der Waals surface area contributed by atoms with Crippen LogP contribution in [0.3, 0.4) is 0 Å². The number of benzene rings is 1. The molecular weight excluding hydrogens is 322 g/mol. The van der Waals surface area contributed by atoms with Crippen LogP contribution >= 0.6 is 0 Å². The second-order valence-electron chi connectivity index (χ2n) is 6.57. The Balaban J connectivity index is 1.82. The van der Waals surface area contributed by atoms with E-state index in [0.29, 0.717) is 38.1 Å². The minimum Gasteiger partial charge on any atom is -0.467 e. The van der Waals surface area contributed by atoms with Crippen molar-refractivity contribution in [2.45, 2.75) is 38.3 Å². The molecule has 2 aromatic rings. The highest BCUT2D eigenvalue weighted by Crippen LogP contribution is 2.26. The predicted octanol–water partition coefficient (Wildman–Crippen LogP) is 1.86. The molecule has 0 atom stereocenters. The minimum absolute atomic E-state index is 0.319. The van der Waals surface area contributed by atoms with Crippen molar-refractivity contribution in [3.8, 4) is 0 Å². The largest absolute Gasteiger partial charge is 0.467 e. The van der Waals surface area contributed by atoms with Gasteiger partial charge < -0.3 is 14.3 Å². The lowest BCUT2D eigenvalue weighted by Crippen LogP contribution is -2.49. The third-order valence-corrected chi connectivity index (χ3v) is 4.94. The number of esters is 1. The van der Waals surface area contributed by atoms with Crippen LogP contribution in [-0.4, -0.2) is 41.8 Å². The number of piperidine rings is 1. The summed E-state index contributed by atoms with van der Waals surface area (Å²) < 4.78 is 9.98. The molecular formula is C19H23NO5. The predicted molar refractivity (Wildman–Crippen MR) is 93.3 cm³/mol. The zero-order valence-electron chi connectivity index (χ0n) is 14.6. The zero-order valence-corrected chi connectivity index (χ0v) is 14.6. The summed E-state index contributed by atoms with van der Waals surface area (Å²) >= 11 is 0. The first-order chi connectivity index (χ1) is 11.9. The van der Waals surface area contributed by atoms with Crippen molar-refractivity contribution in [1.29, 1.82) is 0 Å². The topological polar surface area (TPSA) is 80.0 Å². The first kappa shape index (κ1) is 17.6. The average Bonchev–Trinajstić information content (AvgIpc) is 2.62. The summed E-state index contributed by atoms with van der Waals surface area (Å²) in [5, 5.41) is 11.3. The SMILES string of the molecule is CCc1ccc2oc(=O)cc(CN3CCC(O)(C(=O)OC)CC3)c2c1. The van der Waals surface area contributed by atoms with Crippen LogP contribution in [0.4, 0.5) is 0 Å². The van der Waals surface area contributed by atoms with Gasteiger partial charge in [0.1, 0.15) is 5.58 Å². The Morgan fingerprint density at radius 1 is 1.32 bits per heavy atom. The average molecular weight is 345 g/mol. The van der Waals surface area contributed by atoms with E-state index in [4.69, 9.17) is 4.42 Å². The molecule has 0 radical (unpaired) electrons. The molecule has 0 bridgehead atoms. The summed E-state index contributed by atoms with van der Waals surface area (Å²) in [5.41, 5.74) is 0.905. The van der Waals surface area contributed by atoms with Crippen LogP contribution in [-0.2, 0) is 22.5 Å². The van der Waals surface area contributed by atoms with Gasteiger partial charge in [-0.3, -0.25) is 4.90 Å². The number of aliphatic hydroxyl groups is 1. The fourth-order valence-corrected chi connectivity index (χ4v) is 3.34. The van der Waals surface area contributed by atoms with Crippen molar-refractivity contribution in [2.75, 3.05) is 20.2 Å². The number of likely N-dealkylation sites (tertiary alicyclic amines) is 1. The number of nitrogens with zero attached hydrogens (tertiary/aromatic N) is 1. The smallest absolute Gasteiger partial charge is 0.337 e. The third kappa shape index (κ3) is 3.60. The Kier molecular flexibility index (Phi) is 4.92. The van der Waals surface area contributed by atoms with Crippen LogP contribution in [0.2, 0.25) is 0 Å². The van der Waals surface area contributed by atoms with E-state index in [0.717, 1.165) is 17.4 Å². The fourth-order valence-electron chi connectivity index (χ4n) is 3.34. The second kappa shape index (κ2) is 6.98. The summed E-state index contributed by atoms with van der Waals surface area (Å²) in [7, 11) is 1.29. The van der Waals surface area contributed by atoms with Crippen molar-refractivity contribution >= 4 is 16.9 Å². The summed E-state index contributed by atoms with van der Waals surface area (Å²) in [6.45, 7) is 3.77. The summed E-state index contributed by atoms with van der Waals surface area (Å²) in [5.74, 6) is -0.578. The molecule has 6 heteroatoms. The number of rotatable bonds is 4. The highest BCUT2D eigenvalue weighted by atomic mass is 16.5. The molecule has 0 saturated carbocycles. The van der Waals surface area contributed by atoms with Crippen LogP contribution in [0.5, 0.6) is 0 Å². The van der Waals surface area contributed by atoms with Gasteiger partial charge in [0, 0.05) is 31.1 Å². The fraction of sp³-hybridized carbons (Fsp3) is 0.474. The Bertz CT molecular complexity index is 833. The molecule has 134 valence electrons. The van der Waals surface area contributed by atoms with Crippen LogP contribution in [0.1, 0.15) is 30.9 Å². The molecule has 6 nitrogen and oxygen atoms in total. The summed E-state index contributed by atoms with van der Waals surface area (Å²) in [6, 6.07) is 7.39. The van der Waals surface area contributed by atoms with Crippen molar-refractivity contribution < 1.29 is 19.1 Å². The lowest BCUT2D eigenvalue weighted by molar-refractivity contribution is -0.167. The van der Waals surface area contributed by atoms with Gasteiger partial charge in [0.25, 0.3) is 0 Å². The normalized spacial score (nSPS) is 17.6. The van der Waals surface area contributed by atoms with E-state index in [2.05, 4.69) is 22.6 Å². The summed E-state index contributed by atoms with van der Waals surface area (Å²) in [4.78, 5) is 25.7. The van der Waals surface area contributed by atoms with E-state index in [-0.39, 0.29) is 5.63 Å². The van der Waals surface area contributed by atoms with Gasteiger partial charge in [-0.25, -0.2) is 9.59 Å². The molecule has 1 aromatic carbocycles. The van der Waals surface area contributed by atoms with Crippen LogP contribution in [0, 0.1) is 0 Å². The zero-order chi connectivity index (χ0) is 18.0. The summed E-state index contributed by atoms with van der Waals surface area (Å²) in [6.07, 6.45) is 1.54. The Hall–Kier alpha value is -2.18. The van der Waals surface area contributed by atoms with E-state index in [1.165, 1.54) is 18.7 Å². The minimum atomic E-state index is -1.40. The van der Waals surface area contributed by atoms with Gasteiger partial charge in [0.15, 0.2) is 5.60 Å². The number of hydrogen-bond donors (Lipinski definition) is 1. The van der Waals surface area contributed by atoms with Gasteiger partial charge in [-0.1, -0.05) is 13.0 Å². The number of fused-ring (bicyclic) bond motifs is 1. The number of carbonyl (C=O) groups excluding carboxylic acids is 1. The highest BCUT2D eigenvalue weighted by molar-refractivity contribution is 5.81. The molecule has 0 unspecified atom stereocenters. The molecule has 0 spiro atoms. The molecule has 1 aliphatic rings. The van der Waals surface area contributed by atoms with Gasteiger partial charge in [0.05, 0.1) is 7.11 Å². The van der Waals surface area contributed by atoms with E-state index < -0.39 is 11.6 Å². The van der Waals surface area contributed by atoms with Gasteiger partial charge >= 0.3 is 11.6 Å². The monoisotopic (exact) mass is 345 g/mol. The van der Waals surface area contributed by atoms with Gasteiger partial charge in [-0.05, 0) is 42.5 Å². The number of methoxy groups -OCH3 is 1. The molecule has 1 aliphatic heterocycles. The van der Waals surface area contributed by atoms with E-state index >= 15 is 0 Å². The van der Waals surface area contributed by atoms with Gasteiger partial charge in [0.2, 0.25) is 0 Å². The van der Waals surface area contributed by atoms with Crippen LogP contribution in [0.15, 0.2) is 33.5 Å². The molecule has 1 saturated heterocycles. The third-order valence-electron chi connectivity index (χ3n) is 4.94. The number of aryl methyl sites for hydroxylation is 1. The Labute approximate surface area is 146 Å². The molecule has 0 aliphatic carbocycles. The first-order valence-corrected chi connectivity index (χ1v) is 8.54. The Morgan fingerprint density at radius 2 is 2.04 bits per heavy atom. The lowest BCUT2D eigenvalue weighted by Gasteiger charge is -2.36. The molecule has 1 aromatic heterocycles. The number of ether oxygens (including phenoxy) is 1. The maximum atomic E-state index is 11.8. The number of hydrogen-bond acceptors (Lipinski definition) is 6. The van der Waals surface area contributed by atoms with E-state index in [1.54, 1.807) is 0 Å². The quantitative estimate of drug-likeness (QED) is 0.673. The second-order valence-corrected chi connectivity index (χ2v) is 6.57. The van der Waals surface area contributed by atoms with Crippen LogP contribution < -0.4 is 5.63 Å². The first-order valence-electron chi connectivity index (χ1n) is 8.54. The van der Waals surface area contributed by atoms with Crippen molar-refractivity contribution in [2.24, 2.45) is 0 Å². The molecule has 3 rings (SSSR count). The molecule has 1 N–H and O–H groups in total. The van der Waals surface area contributed by atoms with Gasteiger partial charge in [-0.2, -0.15) is 0 Å². The Morgan fingerprint density at radius 3 is 2.68 bits per heavy atom. The van der Waals surface area contributed by atoms with E-state index in [9.17, 15) is 14.7 Å². The molecule has 25 heavy (non-hydrogen) atoms. The molecule has 0 amide bonds. The van der Waals surface area contributed by atoms with Crippen molar-refractivity contribution in [3.05, 3.63) is 45.8 Å². The maximum Gasteiger partial charge on any atom is 0.337 e. The van der Waals surface area contributed by atoms with E-state index in [1.807, 2.05) is 12.1 Å². The highest BCUT2D eigenvalue weighted by Gasteiger charge is 2.40.